The molecule has 538 valence electrons. The number of nitrogens with zero attached hydrogens (tertiary/aromatic N) is 2. The van der Waals surface area contributed by atoms with Gasteiger partial charge in [0, 0.05) is 26.7 Å². The summed E-state index contributed by atoms with van der Waals surface area (Å²) >= 11 is 0. The van der Waals surface area contributed by atoms with Crippen molar-refractivity contribution in [2.24, 2.45) is 0 Å². The van der Waals surface area contributed by atoms with Crippen LogP contribution in [0.3, 0.4) is 0 Å². The quantitative estimate of drug-likeness (QED) is 0.0192. The summed E-state index contributed by atoms with van der Waals surface area (Å²) in [4.78, 5) is 74.3. The van der Waals surface area contributed by atoms with Gasteiger partial charge < -0.3 is 47.6 Å². The number of allylic oxidation sites excluding steroid dienone is 2. The van der Waals surface area contributed by atoms with Crippen molar-refractivity contribution in [3.63, 3.8) is 0 Å². The number of likely N-dealkylation sites (N-methyl/N-ethyl adjacent to an activating group) is 2. The minimum atomic E-state index is -0.770. The molecule has 0 heterocycles. The number of ether oxygens (including phenoxy) is 6. The Balaban J connectivity index is 4.17. The van der Waals surface area contributed by atoms with Gasteiger partial charge in [-0.15, -0.1) is 0 Å². The van der Waals surface area contributed by atoms with E-state index in [0.717, 1.165) is 206 Å². The molecule has 0 bridgehead atoms. The van der Waals surface area contributed by atoms with Crippen molar-refractivity contribution in [2.75, 3.05) is 79.8 Å². The summed E-state index contributed by atoms with van der Waals surface area (Å²) in [6, 6.07) is 0. The number of unbranched alkanes of at least 4 members (excludes halogenated alkanes) is 31. The molecule has 0 rings (SSSR count). The number of aliphatic hydroxyl groups is 2. The molecule has 0 spiro atoms. The Bertz CT molecular complexity index is 1730. The number of quaternary nitrogens is 2. The standard InChI is InChI=1S/C76H142N2O14/c1-9-13-17-19-37-47-57-77(7,59-63-87-67(5)79)65-75(85)91-71(53-41-15-11-3)69(81)51-43-33-27-21-23-29-35-45-55-73(83)89-61-49-39-31-25-26-32-40-50-62-90-74(84)56-46-36-30-24-22-28-34-44-52-70(82)72(54-42-16-12-4)92-76(86)66-78(8,60-64-88-68(6)80)58-48-38-20-18-14-10-2/h33-34,43-44,69-72,81-82H,9-32,35-42,45-66H2,1-8H3/q+2. The van der Waals surface area contributed by atoms with E-state index >= 15 is 0 Å². The fourth-order valence-electron chi connectivity index (χ4n) is 11.7. The lowest BCUT2D eigenvalue weighted by atomic mass is 10.0. The van der Waals surface area contributed by atoms with Crippen LogP contribution in [-0.4, -0.2) is 159 Å². The molecule has 0 aliphatic heterocycles. The highest BCUT2D eigenvalue weighted by Crippen LogP contribution is 2.21. The van der Waals surface area contributed by atoms with Gasteiger partial charge in [-0.2, -0.15) is 0 Å². The molecule has 0 saturated heterocycles. The maximum absolute atomic E-state index is 13.4. The fourth-order valence-corrected chi connectivity index (χ4v) is 11.7. The topological polar surface area (TPSA) is 198 Å². The van der Waals surface area contributed by atoms with E-state index in [1.165, 1.54) is 65.2 Å². The number of carbonyl (C=O) groups excluding carboxylic acids is 6. The van der Waals surface area contributed by atoms with Crippen LogP contribution in [0.1, 0.15) is 324 Å². The molecule has 2 N–H and O–H groups in total. The summed E-state index contributed by atoms with van der Waals surface area (Å²) in [6.07, 6.45) is 48.7. The van der Waals surface area contributed by atoms with Crippen molar-refractivity contribution in [1.29, 1.82) is 0 Å². The monoisotopic (exact) mass is 1310 g/mol. The van der Waals surface area contributed by atoms with Crippen LogP contribution in [0.4, 0.5) is 0 Å². The molecule has 16 heteroatoms. The van der Waals surface area contributed by atoms with Gasteiger partial charge in [-0.3, -0.25) is 19.2 Å². The molecule has 0 aromatic rings. The molecule has 6 atom stereocenters. The van der Waals surface area contributed by atoms with Crippen LogP contribution in [0.2, 0.25) is 0 Å². The van der Waals surface area contributed by atoms with E-state index in [0.29, 0.717) is 73.8 Å². The Morgan fingerprint density at radius 1 is 0.337 bits per heavy atom. The Hall–Kier alpha value is -3.86. The number of carbonyl (C=O) groups is 6. The average molecular weight is 1310 g/mol. The molecule has 0 aliphatic carbocycles. The number of rotatable bonds is 67. The number of esters is 6. The van der Waals surface area contributed by atoms with Gasteiger partial charge in [0.2, 0.25) is 0 Å². The molecular weight excluding hydrogens is 1160 g/mol. The van der Waals surface area contributed by atoms with Gasteiger partial charge in [0.15, 0.2) is 13.1 Å². The number of hydrogen-bond acceptors (Lipinski definition) is 14. The smallest absolute Gasteiger partial charge is 0.362 e. The van der Waals surface area contributed by atoms with Crippen molar-refractivity contribution in [1.82, 2.24) is 0 Å². The highest BCUT2D eigenvalue weighted by Gasteiger charge is 2.32. The van der Waals surface area contributed by atoms with Gasteiger partial charge in [-0.1, -0.05) is 206 Å². The Kier molecular flexibility index (Phi) is 59.4. The summed E-state index contributed by atoms with van der Waals surface area (Å²) in [5.74, 6) is -1.48. The van der Waals surface area contributed by atoms with Crippen LogP contribution in [0.5, 0.6) is 0 Å². The average Bonchev–Trinajstić information content (AvgIpc) is 1.06. The highest BCUT2D eigenvalue weighted by atomic mass is 16.6. The van der Waals surface area contributed by atoms with E-state index in [-0.39, 0.29) is 62.1 Å². The fraction of sp³-hybridized carbons (Fsp3) is 0.868. The maximum atomic E-state index is 13.4. The third-order valence-corrected chi connectivity index (χ3v) is 17.8. The zero-order valence-electron chi connectivity index (χ0n) is 60.5. The lowest BCUT2D eigenvalue weighted by molar-refractivity contribution is -0.903. The molecule has 0 aromatic carbocycles. The van der Waals surface area contributed by atoms with Crippen LogP contribution < -0.4 is 0 Å². The molecule has 6 unspecified atom stereocenters. The predicted octanol–water partition coefficient (Wildman–Crippen LogP) is 17.0. The van der Waals surface area contributed by atoms with Crippen LogP contribution in [0.15, 0.2) is 24.3 Å². The Morgan fingerprint density at radius 2 is 0.641 bits per heavy atom. The summed E-state index contributed by atoms with van der Waals surface area (Å²) in [7, 11) is 4.06. The van der Waals surface area contributed by atoms with E-state index in [9.17, 15) is 39.0 Å². The van der Waals surface area contributed by atoms with Crippen molar-refractivity contribution < 1.29 is 76.4 Å². The molecule has 0 saturated carbocycles. The van der Waals surface area contributed by atoms with Crippen LogP contribution in [0.25, 0.3) is 0 Å². The summed E-state index contributed by atoms with van der Waals surface area (Å²) in [5, 5.41) is 22.3. The summed E-state index contributed by atoms with van der Waals surface area (Å²) in [5.41, 5.74) is 0. The highest BCUT2D eigenvalue weighted by molar-refractivity contribution is 5.71. The van der Waals surface area contributed by atoms with Crippen LogP contribution >= 0.6 is 0 Å². The minimum Gasteiger partial charge on any atom is -0.466 e. The zero-order valence-corrected chi connectivity index (χ0v) is 60.5. The van der Waals surface area contributed by atoms with Gasteiger partial charge in [0.1, 0.15) is 38.5 Å². The van der Waals surface area contributed by atoms with Gasteiger partial charge in [0.05, 0.1) is 52.6 Å². The minimum absolute atomic E-state index is 0.104. The Labute approximate surface area is 562 Å². The van der Waals surface area contributed by atoms with E-state index in [2.05, 4.69) is 39.8 Å². The van der Waals surface area contributed by atoms with E-state index in [4.69, 9.17) is 28.4 Å². The third-order valence-electron chi connectivity index (χ3n) is 17.8. The molecular formula is C76H142N2O14+2. The summed E-state index contributed by atoms with van der Waals surface area (Å²) in [6.45, 7) is 16.0. The molecule has 16 nitrogen and oxygen atoms in total. The second-order valence-electron chi connectivity index (χ2n) is 27.1. The maximum Gasteiger partial charge on any atom is 0.362 e. The predicted molar refractivity (Wildman–Crippen MR) is 373 cm³/mol. The molecule has 0 fully saturated rings. The van der Waals surface area contributed by atoms with Crippen molar-refractivity contribution in [3.05, 3.63) is 24.3 Å². The van der Waals surface area contributed by atoms with Gasteiger partial charge in [0.25, 0.3) is 0 Å². The lowest BCUT2D eigenvalue weighted by Gasteiger charge is -2.34. The normalized spacial score (nSPS) is 14.3. The van der Waals surface area contributed by atoms with Gasteiger partial charge in [-0.05, 0) is 116 Å². The van der Waals surface area contributed by atoms with Crippen molar-refractivity contribution in [3.8, 4) is 0 Å². The first-order valence-electron chi connectivity index (χ1n) is 37.7. The molecule has 0 radical (unpaired) electrons. The molecule has 0 aliphatic rings. The Morgan fingerprint density at radius 3 is 0.989 bits per heavy atom. The summed E-state index contributed by atoms with van der Waals surface area (Å²) < 4.78 is 34.4. The molecule has 0 aromatic heterocycles. The van der Waals surface area contributed by atoms with E-state index in [1.54, 1.807) is 0 Å². The van der Waals surface area contributed by atoms with E-state index in [1.807, 2.05) is 26.2 Å². The zero-order chi connectivity index (χ0) is 68.0. The van der Waals surface area contributed by atoms with Crippen LogP contribution in [0, 0.1) is 0 Å². The van der Waals surface area contributed by atoms with Crippen molar-refractivity contribution >= 4 is 35.8 Å². The van der Waals surface area contributed by atoms with Gasteiger partial charge >= 0.3 is 35.8 Å². The first-order chi connectivity index (χ1) is 44.4. The number of aliphatic hydroxyl groups excluding tert-OH is 2. The first-order valence-corrected chi connectivity index (χ1v) is 37.7. The second kappa shape index (κ2) is 62.0. The largest absolute Gasteiger partial charge is 0.466 e. The lowest BCUT2D eigenvalue weighted by Crippen LogP contribution is -2.51. The van der Waals surface area contributed by atoms with Gasteiger partial charge in [-0.25, -0.2) is 9.59 Å². The SMILES string of the molecule is CCCCCCCC[N+](C)(CCOC(C)=O)CC(=O)OC(CCCCC)C(O)CC=CCCCCCCCC(=O)OCCCCCCCCCCOC(=O)CCCCCCCC=CCC(O)C(CCCCC)OC(=O)C[N+](C)(CCCCCCCC)CCOC(C)=O. The number of hydrogen-bond donors (Lipinski definition) is 2. The second-order valence-corrected chi connectivity index (χ2v) is 27.1. The van der Waals surface area contributed by atoms with Crippen molar-refractivity contribution in [2.45, 2.75) is 348 Å². The van der Waals surface area contributed by atoms with E-state index < -0.39 is 24.4 Å². The van der Waals surface area contributed by atoms with Crippen LogP contribution in [-0.2, 0) is 57.2 Å². The molecule has 92 heavy (non-hydrogen) atoms. The first kappa shape index (κ1) is 88.1. The molecule has 0 amide bonds. The third kappa shape index (κ3) is 56.5.